The van der Waals surface area contributed by atoms with E-state index in [4.69, 9.17) is 16.7 Å². The number of halogens is 1. The van der Waals surface area contributed by atoms with Gasteiger partial charge in [-0.3, -0.25) is 4.68 Å². The highest BCUT2D eigenvalue weighted by molar-refractivity contribution is 6.20. The Morgan fingerprint density at radius 2 is 2.05 bits per heavy atom. The summed E-state index contributed by atoms with van der Waals surface area (Å²) in [7, 11) is 0. The SMILES string of the molecule is ClC1CCCC1CNCc1ccn(C2CCCC2)n1. The number of rotatable bonds is 5. The van der Waals surface area contributed by atoms with Crippen molar-refractivity contribution in [3.05, 3.63) is 18.0 Å². The number of hydrogen-bond donors (Lipinski definition) is 1. The predicted molar refractivity (Wildman–Crippen MR) is 78.4 cm³/mol. The second-order valence-corrected chi connectivity index (χ2v) is 6.62. The van der Waals surface area contributed by atoms with E-state index in [1.807, 2.05) is 0 Å². The van der Waals surface area contributed by atoms with Crippen molar-refractivity contribution in [2.45, 2.75) is 62.9 Å². The van der Waals surface area contributed by atoms with Gasteiger partial charge in [-0.25, -0.2) is 0 Å². The van der Waals surface area contributed by atoms with E-state index >= 15 is 0 Å². The van der Waals surface area contributed by atoms with Crippen LogP contribution in [0.1, 0.15) is 56.7 Å². The zero-order valence-electron chi connectivity index (χ0n) is 11.5. The van der Waals surface area contributed by atoms with Gasteiger partial charge in [-0.15, -0.1) is 11.6 Å². The molecule has 0 saturated heterocycles. The third-order valence-corrected chi connectivity index (χ3v) is 5.22. The van der Waals surface area contributed by atoms with Gasteiger partial charge in [-0.05, 0) is 44.2 Å². The molecular formula is C15H24ClN3. The molecule has 2 fully saturated rings. The van der Waals surface area contributed by atoms with Crippen LogP contribution in [0.2, 0.25) is 0 Å². The van der Waals surface area contributed by atoms with Crippen molar-refractivity contribution >= 4 is 11.6 Å². The molecule has 2 unspecified atom stereocenters. The van der Waals surface area contributed by atoms with Crippen molar-refractivity contribution in [1.82, 2.24) is 15.1 Å². The molecule has 3 rings (SSSR count). The Kier molecular flexibility index (Phi) is 4.44. The summed E-state index contributed by atoms with van der Waals surface area (Å²) in [6.45, 7) is 1.91. The van der Waals surface area contributed by atoms with Crippen molar-refractivity contribution in [2.75, 3.05) is 6.54 Å². The first-order valence-electron chi connectivity index (χ1n) is 7.72. The largest absolute Gasteiger partial charge is 0.311 e. The Bertz CT molecular complexity index is 398. The Morgan fingerprint density at radius 3 is 2.79 bits per heavy atom. The van der Waals surface area contributed by atoms with Gasteiger partial charge in [0.1, 0.15) is 0 Å². The van der Waals surface area contributed by atoms with Gasteiger partial charge in [0.2, 0.25) is 0 Å². The lowest BCUT2D eigenvalue weighted by molar-refractivity contribution is 0.455. The van der Waals surface area contributed by atoms with Crippen LogP contribution in [-0.2, 0) is 6.54 Å². The molecule has 0 radical (unpaired) electrons. The summed E-state index contributed by atoms with van der Waals surface area (Å²) < 4.78 is 2.17. The molecule has 1 aromatic rings. The second kappa shape index (κ2) is 6.27. The van der Waals surface area contributed by atoms with Gasteiger partial charge >= 0.3 is 0 Å². The fourth-order valence-corrected chi connectivity index (χ4v) is 3.82. The Hall–Kier alpha value is -0.540. The summed E-state index contributed by atoms with van der Waals surface area (Å²) in [6.07, 6.45) is 11.2. The number of hydrogen-bond acceptors (Lipinski definition) is 2. The molecule has 0 bridgehead atoms. The van der Waals surface area contributed by atoms with Crippen molar-refractivity contribution < 1.29 is 0 Å². The van der Waals surface area contributed by atoms with Crippen LogP contribution in [0.25, 0.3) is 0 Å². The summed E-state index contributed by atoms with van der Waals surface area (Å²) in [5, 5.41) is 8.59. The number of nitrogens with one attached hydrogen (secondary N) is 1. The molecule has 2 atom stereocenters. The first-order chi connectivity index (χ1) is 9.33. The smallest absolute Gasteiger partial charge is 0.0762 e. The molecule has 19 heavy (non-hydrogen) atoms. The van der Waals surface area contributed by atoms with E-state index in [1.165, 1.54) is 44.9 Å². The number of aromatic nitrogens is 2. The van der Waals surface area contributed by atoms with Gasteiger partial charge in [0.05, 0.1) is 11.7 Å². The first kappa shape index (κ1) is 13.4. The Morgan fingerprint density at radius 1 is 1.21 bits per heavy atom. The van der Waals surface area contributed by atoms with Crippen LogP contribution in [0.4, 0.5) is 0 Å². The van der Waals surface area contributed by atoms with Gasteiger partial charge in [-0.2, -0.15) is 5.10 Å². The minimum atomic E-state index is 0.378. The van der Waals surface area contributed by atoms with Crippen LogP contribution in [0.3, 0.4) is 0 Å². The average molecular weight is 282 g/mol. The molecule has 0 aromatic carbocycles. The zero-order chi connectivity index (χ0) is 13.1. The summed E-state index contributed by atoms with van der Waals surface area (Å²) in [4.78, 5) is 0. The highest BCUT2D eigenvalue weighted by Gasteiger charge is 2.24. The van der Waals surface area contributed by atoms with Crippen molar-refractivity contribution in [1.29, 1.82) is 0 Å². The van der Waals surface area contributed by atoms with Gasteiger partial charge in [-0.1, -0.05) is 19.3 Å². The molecule has 0 spiro atoms. The molecule has 1 heterocycles. The van der Waals surface area contributed by atoms with Crippen LogP contribution in [0.5, 0.6) is 0 Å². The fourth-order valence-electron chi connectivity index (χ4n) is 3.45. The molecule has 3 nitrogen and oxygen atoms in total. The fraction of sp³-hybridized carbons (Fsp3) is 0.800. The van der Waals surface area contributed by atoms with Crippen molar-refractivity contribution in [3.8, 4) is 0 Å². The highest BCUT2D eigenvalue weighted by atomic mass is 35.5. The van der Waals surface area contributed by atoms with E-state index in [2.05, 4.69) is 22.3 Å². The second-order valence-electron chi connectivity index (χ2n) is 6.06. The minimum Gasteiger partial charge on any atom is -0.311 e. The molecule has 0 aliphatic heterocycles. The lowest BCUT2D eigenvalue weighted by Crippen LogP contribution is -2.25. The van der Waals surface area contributed by atoms with Gasteiger partial charge in [0.15, 0.2) is 0 Å². The molecular weight excluding hydrogens is 258 g/mol. The molecule has 1 aromatic heterocycles. The average Bonchev–Trinajstić information content (AvgIpc) is 3.11. The van der Waals surface area contributed by atoms with Crippen LogP contribution in [0, 0.1) is 5.92 Å². The minimum absolute atomic E-state index is 0.378. The summed E-state index contributed by atoms with van der Waals surface area (Å²) in [6, 6.07) is 2.80. The molecule has 1 N–H and O–H groups in total. The quantitative estimate of drug-likeness (QED) is 0.837. The zero-order valence-corrected chi connectivity index (χ0v) is 12.3. The predicted octanol–water partition coefficient (Wildman–Crippen LogP) is 3.50. The summed E-state index contributed by atoms with van der Waals surface area (Å²) >= 11 is 6.29. The normalized spacial score (nSPS) is 28.3. The molecule has 0 amide bonds. The monoisotopic (exact) mass is 281 g/mol. The van der Waals surface area contributed by atoms with Crippen LogP contribution in [0.15, 0.2) is 12.3 Å². The van der Waals surface area contributed by atoms with Gasteiger partial charge in [0.25, 0.3) is 0 Å². The molecule has 106 valence electrons. The maximum absolute atomic E-state index is 6.29. The van der Waals surface area contributed by atoms with E-state index < -0.39 is 0 Å². The molecule has 2 aliphatic carbocycles. The third-order valence-electron chi connectivity index (χ3n) is 4.64. The van der Waals surface area contributed by atoms with E-state index in [9.17, 15) is 0 Å². The number of nitrogens with zero attached hydrogens (tertiary/aromatic N) is 2. The van der Waals surface area contributed by atoms with E-state index in [0.717, 1.165) is 18.8 Å². The lowest BCUT2D eigenvalue weighted by Gasteiger charge is -2.13. The van der Waals surface area contributed by atoms with Crippen molar-refractivity contribution in [3.63, 3.8) is 0 Å². The topological polar surface area (TPSA) is 29.9 Å². The molecule has 2 saturated carbocycles. The Labute approximate surface area is 120 Å². The van der Waals surface area contributed by atoms with E-state index in [1.54, 1.807) is 0 Å². The Balaban J connectivity index is 1.45. The third kappa shape index (κ3) is 3.32. The summed E-state index contributed by atoms with van der Waals surface area (Å²) in [5.74, 6) is 0.651. The van der Waals surface area contributed by atoms with E-state index in [0.29, 0.717) is 17.3 Å². The number of alkyl halides is 1. The van der Waals surface area contributed by atoms with Crippen LogP contribution in [-0.4, -0.2) is 21.7 Å². The molecule has 2 aliphatic rings. The maximum atomic E-state index is 6.29. The van der Waals surface area contributed by atoms with Crippen LogP contribution < -0.4 is 5.32 Å². The summed E-state index contributed by atoms with van der Waals surface area (Å²) in [5.41, 5.74) is 1.16. The van der Waals surface area contributed by atoms with Gasteiger partial charge in [0, 0.05) is 18.1 Å². The molecule has 4 heteroatoms. The van der Waals surface area contributed by atoms with E-state index in [-0.39, 0.29) is 0 Å². The highest BCUT2D eigenvalue weighted by Crippen LogP contribution is 2.30. The van der Waals surface area contributed by atoms with Crippen molar-refractivity contribution in [2.24, 2.45) is 5.92 Å². The maximum Gasteiger partial charge on any atom is 0.0762 e. The lowest BCUT2D eigenvalue weighted by atomic mass is 10.1. The first-order valence-corrected chi connectivity index (χ1v) is 8.15. The standard InChI is InChI=1S/C15H24ClN3/c16-15-7-3-4-12(15)10-17-11-13-8-9-19(18-13)14-5-1-2-6-14/h8-9,12,14-15,17H,1-7,10-11H2. The van der Waals surface area contributed by atoms with Gasteiger partial charge < -0.3 is 5.32 Å². The van der Waals surface area contributed by atoms with Crippen LogP contribution >= 0.6 is 11.6 Å².